The zero-order valence-electron chi connectivity index (χ0n) is 11.5. The molecule has 11 heteroatoms. The van der Waals surface area contributed by atoms with Crippen molar-refractivity contribution < 1.29 is 36.0 Å². The second-order valence-corrected chi connectivity index (χ2v) is 5.87. The van der Waals surface area contributed by atoms with Crippen LogP contribution in [0.5, 0.6) is 5.75 Å². The number of anilines is 1. The van der Waals surface area contributed by atoms with Gasteiger partial charge in [0.25, 0.3) is 0 Å². The molecule has 0 spiro atoms. The van der Waals surface area contributed by atoms with Crippen molar-refractivity contribution in [3.05, 3.63) is 23.8 Å². The Kier molecular flexibility index (Phi) is 5.60. The monoisotopic (exact) mass is 342 g/mol. The largest absolute Gasteiger partial charge is 0.495 e. The van der Waals surface area contributed by atoms with Gasteiger partial charge in [-0.2, -0.15) is 13.2 Å². The van der Waals surface area contributed by atoms with Gasteiger partial charge in [0.05, 0.1) is 25.6 Å². The number of alkyl halides is 3. The number of methoxy groups -OCH3 is 1. The van der Waals surface area contributed by atoms with E-state index >= 15 is 0 Å². The van der Waals surface area contributed by atoms with Crippen LogP contribution < -0.4 is 14.9 Å². The van der Waals surface area contributed by atoms with Crippen LogP contribution in [0, 0.1) is 0 Å². The Labute approximate surface area is 124 Å². The van der Waals surface area contributed by atoms with Gasteiger partial charge in [-0.15, -0.1) is 5.48 Å². The summed E-state index contributed by atoms with van der Waals surface area (Å²) in [6.45, 7) is -0.225. The molecule has 124 valence electrons. The molecule has 0 heterocycles. The summed E-state index contributed by atoms with van der Waals surface area (Å²) in [6.07, 6.45) is -4.13. The molecule has 0 fully saturated rings. The Morgan fingerprint density at radius 3 is 2.45 bits per heavy atom. The minimum Gasteiger partial charge on any atom is -0.495 e. The summed E-state index contributed by atoms with van der Waals surface area (Å²) in [7, 11) is -2.21. The lowest BCUT2D eigenvalue weighted by Crippen LogP contribution is -2.31. The van der Waals surface area contributed by atoms with Crippen LogP contribution in [0.4, 0.5) is 18.9 Å². The average Bonchev–Trinajstić information content (AvgIpc) is 2.37. The fraction of sp³-hybridized carbons (Fsp3) is 0.364. The molecule has 2 N–H and O–H groups in total. The van der Waals surface area contributed by atoms with Crippen LogP contribution in [0.25, 0.3) is 0 Å². The molecule has 0 amide bonds. The second kappa shape index (κ2) is 6.83. The van der Waals surface area contributed by atoms with Crippen molar-refractivity contribution in [1.82, 2.24) is 5.48 Å². The van der Waals surface area contributed by atoms with E-state index in [1.165, 1.54) is 25.3 Å². The van der Waals surface area contributed by atoms with Crippen molar-refractivity contribution in [2.24, 2.45) is 0 Å². The molecule has 0 aliphatic carbocycles. The molecule has 22 heavy (non-hydrogen) atoms. The molecular weight excluding hydrogens is 329 g/mol. The number of hydrogen-bond acceptors (Lipinski definition) is 6. The summed E-state index contributed by atoms with van der Waals surface area (Å²) in [5, 5.41) is 0. The number of nitrogens with one attached hydrogen (secondary N) is 2. The number of hydrogen-bond donors (Lipinski definition) is 2. The van der Waals surface area contributed by atoms with Crippen molar-refractivity contribution >= 4 is 21.7 Å². The van der Waals surface area contributed by atoms with Crippen LogP contribution in [0.2, 0.25) is 0 Å². The van der Waals surface area contributed by atoms with Gasteiger partial charge in [0.2, 0.25) is 10.0 Å². The quantitative estimate of drug-likeness (QED) is 0.754. The van der Waals surface area contributed by atoms with Crippen LogP contribution in [0.3, 0.4) is 0 Å². The third-order valence-corrected chi connectivity index (χ3v) is 2.82. The Morgan fingerprint density at radius 1 is 1.32 bits per heavy atom. The lowest BCUT2D eigenvalue weighted by atomic mass is 10.2. The molecule has 7 nitrogen and oxygen atoms in total. The maximum Gasteiger partial charge on any atom is 0.492 e. The molecule has 0 aromatic heterocycles. The maximum absolute atomic E-state index is 11.9. The van der Waals surface area contributed by atoms with Gasteiger partial charge in [-0.25, -0.2) is 13.2 Å². The number of carbonyl (C=O) groups excluding carboxylic acids is 1. The second-order valence-electron chi connectivity index (χ2n) is 4.12. The third kappa shape index (κ3) is 5.77. The fourth-order valence-electron chi connectivity index (χ4n) is 1.37. The van der Waals surface area contributed by atoms with Gasteiger partial charge in [-0.3, -0.25) is 4.72 Å². The Balaban J connectivity index is 2.72. The number of sulfonamides is 1. The first-order chi connectivity index (χ1) is 10.0. The van der Waals surface area contributed by atoms with Crippen LogP contribution in [0.15, 0.2) is 18.2 Å². The van der Waals surface area contributed by atoms with E-state index in [0.717, 1.165) is 6.26 Å². The first-order valence-electron chi connectivity index (χ1n) is 5.68. The maximum atomic E-state index is 11.9. The van der Waals surface area contributed by atoms with Crippen LogP contribution in [-0.2, 0) is 26.2 Å². The summed E-state index contributed by atoms with van der Waals surface area (Å²) in [5.41, 5.74) is 2.44. The van der Waals surface area contributed by atoms with E-state index in [0.29, 0.717) is 5.56 Å². The topological polar surface area (TPSA) is 93.7 Å². The van der Waals surface area contributed by atoms with Gasteiger partial charge in [0.1, 0.15) is 5.75 Å². The molecule has 1 aromatic carbocycles. The van der Waals surface area contributed by atoms with E-state index in [2.05, 4.69) is 9.56 Å². The van der Waals surface area contributed by atoms with Crippen molar-refractivity contribution in [2.75, 3.05) is 18.1 Å². The first kappa shape index (κ1) is 18.0. The number of rotatable bonds is 6. The smallest absolute Gasteiger partial charge is 0.492 e. The lowest BCUT2D eigenvalue weighted by Gasteiger charge is -2.12. The number of halogens is 3. The molecule has 0 saturated heterocycles. The van der Waals surface area contributed by atoms with E-state index in [1.807, 2.05) is 5.48 Å². The summed E-state index contributed by atoms with van der Waals surface area (Å²) in [5.74, 6) is -2.21. The molecule has 0 saturated carbocycles. The third-order valence-electron chi connectivity index (χ3n) is 2.23. The Bertz CT molecular complexity index is 646. The van der Waals surface area contributed by atoms with Gasteiger partial charge in [-0.1, -0.05) is 6.07 Å². The van der Waals surface area contributed by atoms with E-state index in [9.17, 15) is 26.4 Å². The van der Waals surface area contributed by atoms with E-state index in [1.54, 1.807) is 0 Å². The van der Waals surface area contributed by atoms with Gasteiger partial charge < -0.3 is 9.57 Å². The van der Waals surface area contributed by atoms with Crippen molar-refractivity contribution in [3.8, 4) is 5.75 Å². The fourth-order valence-corrected chi connectivity index (χ4v) is 1.94. The van der Waals surface area contributed by atoms with Crippen LogP contribution in [-0.4, -0.2) is 33.9 Å². The zero-order valence-corrected chi connectivity index (χ0v) is 12.3. The van der Waals surface area contributed by atoms with Crippen LogP contribution >= 0.6 is 0 Å². The van der Waals surface area contributed by atoms with Crippen LogP contribution in [0.1, 0.15) is 5.56 Å². The highest BCUT2D eigenvalue weighted by molar-refractivity contribution is 7.92. The highest BCUT2D eigenvalue weighted by Crippen LogP contribution is 2.26. The van der Waals surface area contributed by atoms with E-state index in [-0.39, 0.29) is 18.0 Å². The zero-order chi connectivity index (χ0) is 17.0. The highest BCUT2D eigenvalue weighted by atomic mass is 32.2. The Hall–Kier alpha value is -2.01. The predicted octanol–water partition coefficient (Wildman–Crippen LogP) is 1.18. The molecular formula is C11H13F3N2O5S. The SMILES string of the molecule is COc1cc(CNOC(=O)C(F)(F)F)ccc1NS(C)(=O)=O. The predicted molar refractivity (Wildman–Crippen MR) is 70.4 cm³/mol. The summed E-state index contributed by atoms with van der Waals surface area (Å²) in [4.78, 5) is 14.3. The molecule has 1 rings (SSSR count). The molecule has 0 unspecified atom stereocenters. The summed E-state index contributed by atoms with van der Waals surface area (Å²) >= 11 is 0. The molecule has 1 aromatic rings. The minimum absolute atomic E-state index is 0.159. The molecule has 0 aliphatic heterocycles. The van der Waals surface area contributed by atoms with Gasteiger partial charge in [0, 0.05) is 0 Å². The van der Waals surface area contributed by atoms with E-state index in [4.69, 9.17) is 4.74 Å². The van der Waals surface area contributed by atoms with Crippen molar-refractivity contribution in [3.63, 3.8) is 0 Å². The highest BCUT2D eigenvalue weighted by Gasteiger charge is 2.41. The van der Waals surface area contributed by atoms with Crippen molar-refractivity contribution in [1.29, 1.82) is 0 Å². The summed E-state index contributed by atoms with van der Waals surface area (Å²) < 4.78 is 65.2. The average molecular weight is 342 g/mol. The standard InChI is InChI=1S/C11H13F3N2O5S/c1-20-9-5-7(3-4-8(9)16-22(2,18)19)6-15-21-10(17)11(12,13)14/h3-5,15-16H,6H2,1-2H3. The van der Waals surface area contributed by atoms with Crippen molar-refractivity contribution in [2.45, 2.75) is 12.7 Å². The molecule has 0 radical (unpaired) electrons. The number of benzene rings is 1. The minimum atomic E-state index is -5.09. The van der Waals surface area contributed by atoms with E-state index < -0.39 is 22.2 Å². The molecule has 0 aliphatic rings. The molecule has 0 atom stereocenters. The lowest BCUT2D eigenvalue weighted by molar-refractivity contribution is -0.207. The summed E-state index contributed by atoms with van der Waals surface area (Å²) in [6, 6.07) is 4.16. The Morgan fingerprint density at radius 2 is 1.95 bits per heavy atom. The number of hydroxylamine groups is 1. The number of ether oxygens (including phenoxy) is 1. The van der Waals surface area contributed by atoms with Gasteiger partial charge >= 0.3 is 12.1 Å². The first-order valence-corrected chi connectivity index (χ1v) is 7.57. The van der Waals surface area contributed by atoms with Gasteiger partial charge in [0.15, 0.2) is 0 Å². The number of carbonyl (C=O) groups is 1. The normalized spacial score (nSPS) is 11.9. The van der Waals surface area contributed by atoms with Gasteiger partial charge in [-0.05, 0) is 17.7 Å². The molecule has 0 bridgehead atoms.